The normalized spacial score (nSPS) is 10.6. The van der Waals surface area contributed by atoms with Gasteiger partial charge in [0.2, 0.25) is 0 Å². The van der Waals surface area contributed by atoms with Crippen LogP contribution in [0.2, 0.25) is 0 Å². The van der Waals surface area contributed by atoms with Crippen LogP contribution in [-0.4, -0.2) is 11.4 Å². The van der Waals surface area contributed by atoms with Gasteiger partial charge in [0.1, 0.15) is 0 Å². The molecule has 0 saturated heterocycles. The average Bonchev–Trinajstić information content (AvgIpc) is 1.65. The second-order valence-corrected chi connectivity index (χ2v) is 2.35. The lowest BCUT2D eigenvalue weighted by molar-refractivity contribution is -0.132. The molecule has 0 heterocycles. The van der Waals surface area contributed by atoms with Crippen molar-refractivity contribution in [2.24, 2.45) is 0 Å². The zero-order valence-corrected chi connectivity index (χ0v) is 6.10. The van der Waals surface area contributed by atoms with Gasteiger partial charge in [0.15, 0.2) is 11.4 Å². The summed E-state index contributed by atoms with van der Waals surface area (Å²) in [4.78, 5) is 10.7. The van der Waals surface area contributed by atoms with Crippen LogP contribution < -0.4 is 0 Å². The molecular weight excluding hydrogens is 116 g/mol. The SMILES string of the molecule is C=COC(C)(C)C(C)=O. The topological polar surface area (TPSA) is 26.3 Å². The molecule has 0 aromatic rings. The van der Waals surface area contributed by atoms with Gasteiger partial charge in [-0.25, -0.2) is 0 Å². The second-order valence-electron chi connectivity index (χ2n) is 2.35. The van der Waals surface area contributed by atoms with E-state index in [0.717, 1.165) is 0 Å². The molecule has 0 N–H and O–H groups in total. The zero-order valence-electron chi connectivity index (χ0n) is 6.10. The third-order valence-corrected chi connectivity index (χ3v) is 1.23. The van der Waals surface area contributed by atoms with Gasteiger partial charge in [-0.3, -0.25) is 4.79 Å². The standard InChI is InChI=1S/C7H12O2/c1-5-9-7(3,4)6(2)8/h5H,1H2,2-4H3. The third-order valence-electron chi connectivity index (χ3n) is 1.23. The Morgan fingerprint density at radius 3 is 2.22 bits per heavy atom. The first-order valence-corrected chi connectivity index (χ1v) is 2.80. The Kier molecular flexibility index (Phi) is 2.43. The molecule has 0 aliphatic carbocycles. The van der Waals surface area contributed by atoms with Crippen molar-refractivity contribution in [1.29, 1.82) is 0 Å². The molecule has 0 saturated carbocycles. The number of hydrogen-bond acceptors (Lipinski definition) is 2. The first kappa shape index (κ1) is 8.21. The molecule has 2 heteroatoms. The molecule has 0 aliphatic rings. The van der Waals surface area contributed by atoms with E-state index in [0.29, 0.717) is 0 Å². The molecule has 2 nitrogen and oxygen atoms in total. The van der Waals surface area contributed by atoms with E-state index in [1.54, 1.807) is 13.8 Å². The van der Waals surface area contributed by atoms with E-state index in [-0.39, 0.29) is 5.78 Å². The predicted octanol–water partition coefficient (Wildman–Crippen LogP) is 1.51. The van der Waals surface area contributed by atoms with Gasteiger partial charge in [0.05, 0.1) is 6.26 Å². The van der Waals surface area contributed by atoms with Gasteiger partial charge in [-0.15, -0.1) is 0 Å². The first-order chi connectivity index (χ1) is 4.00. The van der Waals surface area contributed by atoms with E-state index in [1.165, 1.54) is 13.2 Å². The van der Waals surface area contributed by atoms with Crippen molar-refractivity contribution in [2.45, 2.75) is 26.4 Å². The summed E-state index contributed by atoms with van der Waals surface area (Å²) in [6.07, 6.45) is 1.28. The van der Waals surface area contributed by atoms with Gasteiger partial charge in [0, 0.05) is 0 Å². The summed E-state index contributed by atoms with van der Waals surface area (Å²) in [6, 6.07) is 0. The summed E-state index contributed by atoms with van der Waals surface area (Å²) in [5.41, 5.74) is -0.707. The zero-order chi connectivity index (χ0) is 7.49. The molecule has 0 fully saturated rings. The van der Waals surface area contributed by atoms with Crippen LogP contribution in [-0.2, 0) is 9.53 Å². The van der Waals surface area contributed by atoms with Crippen LogP contribution in [0.5, 0.6) is 0 Å². The Hall–Kier alpha value is -0.790. The fraction of sp³-hybridized carbons (Fsp3) is 0.571. The third kappa shape index (κ3) is 2.31. The van der Waals surface area contributed by atoms with E-state index in [1.807, 2.05) is 0 Å². The summed E-state index contributed by atoms with van der Waals surface area (Å²) < 4.78 is 4.91. The maximum Gasteiger partial charge on any atom is 0.172 e. The van der Waals surface area contributed by atoms with E-state index < -0.39 is 5.60 Å². The lowest BCUT2D eigenvalue weighted by Gasteiger charge is -2.19. The van der Waals surface area contributed by atoms with Crippen LogP contribution in [0.3, 0.4) is 0 Å². The van der Waals surface area contributed by atoms with E-state index in [2.05, 4.69) is 6.58 Å². The van der Waals surface area contributed by atoms with Crippen molar-refractivity contribution in [3.8, 4) is 0 Å². The van der Waals surface area contributed by atoms with Crippen molar-refractivity contribution in [1.82, 2.24) is 0 Å². The van der Waals surface area contributed by atoms with E-state index in [4.69, 9.17) is 4.74 Å². The number of carbonyl (C=O) groups excluding carboxylic acids is 1. The van der Waals surface area contributed by atoms with E-state index in [9.17, 15) is 4.79 Å². The molecule has 0 unspecified atom stereocenters. The Balaban J connectivity index is 4.00. The van der Waals surface area contributed by atoms with Gasteiger partial charge in [0.25, 0.3) is 0 Å². The summed E-state index contributed by atoms with van der Waals surface area (Å²) >= 11 is 0. The summed E-state index contributed by atoms with van der Waals surface area (Å²) in [6.45, 7) is 8.25. The molecule has 0 spiro atoms. The molecule has 0 atom stereocenters. The average molecular weight is 128 g/mol. The molecule has 0 radical (unpaired) electrons. The second kappa shape index (κ2) is 2.67. The Bertz CT molecular complexity index is 125. The highest BCUT2D eigenvalue weighted by molar-refractivity contribution is 5.84. The van der Waals surface area contributed by atoms with Crippen molar-refractivity contribution >= 4 is 5.78 Å². The van der Waals surface area contributed by atoms with Gasteiger partial charge in [-0.05, 0) is 20.8 Å². The quantitative estimate of drug-likeness (QED) is 0.538. The predicted molar refractivity (Wildman–Crippen MR) is 36.0 cm³/mol. The van der Waals surface area contributed by atoms with Crippen molar-refractivity contribution in [3.63, 3.8) is 0 Å². The monoisotopic (exact) mass is 128 g/mol. The highest BCUT2D eigenvalue weighted by Gasteiger charge is 2.23. The minimum Gasteiger partial charge on any atom is -0.488 e. The highest BCUT2D eigenvalue weighted by atomic mass is 16.5. The van der Waals surface area contributed by atoms with Crippen LogP contribution in [0.25, 0.3) is 0 Å². The number of hydrogen-bond donors (Lipinski definition) is 0. The Labute approximate surface area is 55.5 Å². The van der Waals surface area contributed by atoms with Crippen molar-refractivity contribution < 1.29 is 9.53 Å². The fourth-order valence-electron chi connectivity index (χ4n) is 0.291. The Morgan fingerprint density at radius 2 is 2.11 bits per heavy atom. The Morgan fingerprint density at radius 1 is 1.67 bits per heavy atom. The van der Waals surface area contributed by atoms with Crippen molar-refractivity contribution in [3.05, 3.63) is 12.8 Å². The molecule has 9 heavy (non-hydrogen) atoms. The maximum absolute atomic E-state index is 10.7. The molecule has 0 aromatic carbocycles. The molecule has 0 aliphatic heterocycles. The van der Waals surface area contributed by atoms with Crippen LogP contribution >= 0.6 is 0 Å². The summed E-state index contributed by atoms with van der Waals surface area (Å²) in [5, 5.41) is 0. The molecular formula is C7H12O2. The highest BCUT2D eigenvalue weighted by Crippen LogP contribution is 2.09. The molecule has 52 valence electrons. The largest absolute Gasteiger partial charge is 0.488 e. The fourth-order valence-corrected chi connectivity index (χ4v) is 0.291. The van der Waals surface area contributed by atoms with Gasteiger partial charge in [-0.1, -0.05) is 6.58 Å². The number of Topliss-reactive ketones (excluding diaryl/α,β-unsaturated/α-hetero) is 1. The van der Waals surface area contributed by atoms with Crippen LogP contribution in [0.1, 0.15) is 20.8 Å². The lowest BCUT2D eigenvalue weighted by Crippen LogP contribution is -2.30. The van der Waals surface area contributed by atoms with Crippen molar-refractivity contribution in [2.75, 3.05) is 0 Å². The van der Waals surface area contributed by atoms with Gasteiger partial charge in [-0.2, -0.15) is 0 Å². The van der Waals surface area contributed by atoms with Gasteiger partial charge < -0.3 is 4.74 Å². The number of ketones is 1. The molecule has 0 amide bonds. The van der Waals surface area contributed by atoms with Gasteiger partial charge >= 0.3 is 0 Å². The summed E-state index contributed by atoms with van der Waals surface area (Å²) in [7, 11) is 0. The van der Waals surface area contributed by atoms with Crippen LogP contribution in [0.15, 0.2) is 12.8 Å². The number of carbonyl (C=O) groups is 1. The molecule has 0 aromatic heterocycles. The minimum atomic E-state index is -0.707. The number of ether oxygens (including phenoxy) is 1. The lowest BCUT2D eigenvalue weighted by atomic mass is 10.1. The molecule has 0 rings (SSSR count). The first-order valence-electron chi connectivity index (χ1n) is 2.80. The van der Waals surface area contributed by atoms with E-state index >= 15 is 0 Å². The maximum atomic E-state index is 10.7. The summed E-state index contributed by atoms with van der Waals surface area (Å²) in [5.74, 6) is 0.00222. The van der Waals surface area contributed by atoms with Crippen LogP contribution in [0, 0.1) is 0 Å². The molecule has 0 bridgehead atoms. The van der Waals surface area contributed by atoms with Crippen LogP contribution in [0.4, 0.5) is 0 Å². The minimum absolute atomic E-state index is 0.00222. The smallest absolute Gasteiger partial charge is 0.172 e. The number of rotatable bonds is 3.